The lowest BCUT2D eigenvalue weighted by atomic mass is 9.79. The van der Waals surface area contributed by atoms with E-state index in [0.717, 1.165) is 40.0 Å². The third-order valence-electron chi connectivity index (χ3n) is 6.58. The number of hydrogen-bond donors (Lipinski definition) is 0. The molecular formula is C30H35NO3. The molecule has 0 amide bonds. The number of carbonyl (C=O) groups excluding carboxylic acids is 1. The number of carbonyl (C=O) groups is 1. The zero-order valence-electron chi connectivity index (χ0n) is 21.6. The molecule has 0 unspecified atom stereocenters. The van der Waals surface area contributed by atoms with Crippen molar-refractivity contribution in [3.05, 3.63) is 76.3 Å². The van der Waals surface area contributed by atoms with Gasteiger partial charge in [-0.05, 0) is 74.9 Å². The first-order valence-electron chi connectivity index (χ1n) is 11.8. The van der Waals surface area contributed by atoms with E-state index in [0.29, 0.717) is 0 Å². The summed E-state index contributed by atoms with van der Waals surface area (Å²) in [4.78, 5) is 15.5. The molecule has 4 nitrogen and oxygen atoms in total. The fourth-order valence-electron chi connectivity index (χ4n) is 5.16. The van der Waals surface area contributed by atoms with E-state index in [2.05, 4.69) is 81.2 Å². The Bertz CT molecular complexity index is 1240. The number of aryl methyl sites for hydroxylation is 1. The fraction of sp³-hybridized carbons (Fsp3) is 0.367. The zero-order chi connectivity index (χ0) is 24.8. The molecule has 1 atom stereocenters. The number of hydrogen-bond acceptors (Lipinski definition) is 4. The summed E-state index contributed by atoms with van der Waals surface area (Å²) in [5.74, 6) is -0.385. The summed E-state index contributed by atoms with van der Waals surface area (Å²) in [6.07, 6.45) is -0.837. The van der Waals surface area contributed by atoms with Crippen LogP contribution in [0.15, 0.2) is 48.5 Å². The van der Waals surface area contributed by atoms with Crippen LogP contribution < -0.4 is 4.90 Å². The number of nitrogens with zero attached hydrogens (tertiary/aromatic N) is 1. The van der Waals surface area contributed by atoms with Crippen LogP contribution in [0.3, 0.4) is 0 Å². The van der Waals surface area contributed by atoms with Crippen molar-refractivity contribution in [3.63, 3.8) is 0 Å². The van der Waals surface area contributed by atoms with E-state index in [9.17, 15) is 4.79 Å². The van der Waals surface area contributed by atoms with E-state index < -0.39 is 11.7 Å². The summed E-state index contributed by atoms with van der Waals surface area (Å²) < 4.78 is 11.7. The largest absolute Gasteiger partial charge is 0.467 e. The molecular weight excluding hydrogens is 422 g/mol. The first-order chi connectivity index (χ1) is 16.0. The van der Waals surface area contributed by atoms with Gasteiger partial charge in [-0.1, -0.05) is 54.1 Å². The third kappa shape index (κ3) is 4.23. The van der Waals surface area contributed by atoms with Gasteiger partial charge in [-0.25, -0.2) is 4.79 Å². The third-order valence-corrected chi connectivity index (χ3v) is 6.58. The maximum atomic E-state index is 13.2. The van der Waals surface area contributed by atoms with Crippen molar-refractivity contribution in [3.8, 4) is 22.3 Å². The number of fused-ring (bicyclic) bond motifs is 3. The number of rotatable bonds is 4. The quantitative estimate of drug-likeness (QED) is 0.398. The maximum absolute atomic E-state index is 13.2. The smallest absolute Gasteiger partial charge is 0.339 e. The van der Waals surface area contributed by atoms with Gasteiger partial charge in [0.15, 0.2) is 6.10 Å². The van der Waals surface area contributed by atoms with E-state index in [4.69, 9.17) is 9.47 Å². The predicted octanol–water partition coefficient (Wildman–Crippen LogP) is 6.92. The van der Waals surface area contributed by atoms with Crippen LogP contribution in [0.25, 0.3) is 22.3 Å². The fourth-order valence-corrected chi connectivity index (χ4v) is 5.16. The average Bonchev–Trinajstić information content (AvgIpc) is 2.78. The normalized spacial score (nSPS) is 13.8. The van der Waals surface area contributed by atoms with Gasteiger partial charge in [0, 0.05) is 30.4 Å². The van der Waals surface area contributed by atoms with Gasteiger partial charge in [0.1, 0.15) is 0 Å². The highest BCUT2D eigenvalue weighted by atomic mass is 16.6. The Morgan fingerprint density at radius 3 is 2.21 bits per heavy atom. The number of anilines is 1. The first-order valence-corrected chi connectivity index (χ1v) is 11.8. The summed E-state index contributed by atoms with van der Waals surface area (Å²) in [5.41, 5.74) is 10.8. The molecule has 0 aromatic heterocycles. The number of benzene rings is 3. The van der Waals surface area contributed by atoms with Crippen molar-refractivity contribution < 1.29 is 14.3 Å². The highest BCUT2D eigenvalue weighted by Gasteiger charge is 2.36. The standard InChI is InChI=1S/C30H35NO3/c1-18-13-15-21(16-14-18)24-19(2)25-23-12-10-9-11-22(23)17-31(7)27(25)20(3)26(24)28(29(32)33-8)34-30(4,5)6/h9-16,28H,17H2,1-8H3/t28-/m0/s1. The second-order valence-corrected chi connectivity index (χ2v) is 10.3. The van der Waals surface area contributed by atoms with E-state index in [1.165, 1.54) is 29.4 Å². The van der Waals surface area contributed by atoms with Crippen molar-refractivity contribution in [1.29, 1.82) is 0 Å². The second kappa shape index (κ2) is 8.92. The van der Waals surface area contributed by atoms with Gasteiger partial charge >= 0.3 is 5.97 Å². The molecule has 3 aromatic carbocycles. The number of esters is 1. The van der Waals surface area contributed by atoms with Crippen molar-refractivity contribution in [2.45, 2.75) is 59.8 Å². The molecule has 1 heterocycles. The van der Waals surface area contributed by atoms with Crippen LogP contribution in [-0.4, -0.2) is 25.7 Å². The van der Waals surface area contributed by atoms with Gasteiger partial charge in [0.05, 0.1) is 12.7 Å². The van der Waals surface area contributed by atoms with Gasteiger partial charge in [-0.2, -0.15) is 0 Å². The van der Waals surface area contributed by atoms with Crippen LogP contribution in [0.4, 0.5) is 5.69 Å². The molecule has 1 aliphatic heterocycles. The van der Waals surface area contributed by atoms with Crippen LogP contribution >= 0.6 is 0 Å². The van der Waals surface area contributed by atoms with Crippen LogP contribution in [-0.2, 0) is 20.8 Å². The van der Waals surface area contributed by atoms with Gasteiger partial charge in [0.25, 0.3) is 0 Å². The van der Waals surface area contributed by atoms with Crippen molar-refractivity contribution in [2.75, 3.05) is 19.1 Å². The Morgan fingerprint density at radius 1 is 0.941 bits per heavy atom. The molecule has 4 rings (SSSR count). The molecule has 4 heteroatoms. The molecule has 0 saturated carbocycles. The monoisotopic (exact) mass is 457 g/mol. The zero-order valence-corrected chi connectivity index (χ0v) is 21.6. The highest BCUT2D eigenvalue weighted by molar-refractivity contribution is 5.96. The SMILES string of the molecule is COC(=O)[C@@H](OC(C)(C)C)c1c(C)c2c(c(C)c1-c1ccc(C)cc1)-c1ccccc1CN2C. The lowest BCUT2D eigenvalue weighted by molar-refractivity contribution is -0.164. The Hall–Kier alpha value is -3.11. The van der Waals surface area contributed by atoms with E-state index in [1.807, 2.05) is 20.8 Å². The van der Waals surface area contributed by atoms with E-state index in [-0.39, 0.29) is 5.97 Å². The van der Waals surface area contributed by atoms with Gasteiger partial charge in [-0.15, -0.1) is 0 Å². The molecule has 0 fully saturated rings. The van der Waals surface area contributed by atoms with Crippen molar-refractivity contribution in [1.82, 2.24) is 0 Å². The number of ether oxygens (including phenoxy) is 2. The molecule has 0 radical (unpaired) electrons. The average molecular weight is 458 g/mol. The molecule has 34 heavy (non-hydrogen) atoms. The Morgan fingerprint density at radius 2 is 1.59 bits per heavy atom. The Labute approximate surface area is 203 Å². The molecule has 3 aromatic rings. The molecule has 0 saturated heterocycles. The summed E-state index contributed by atoms with van der Waals surface area (Å²) in [5, 5.41) is 0. The van der Waals surface area contributed by atoms with Gasteiger partial charge < -0.3 is 14.4 Å². The molecule has 0 bridgehead atoms. The first kappa shape index (κ1) is 24.0. The lowest BCUT2D eigenvalue weighted by Crippen LogP contribution is -2.30. The van der Waals surface area contributed by atoms with Crippen molar-refractivity contribution >= 4 is 11.7 Å². The minimum absolute atomic E-state index is 0.385. The lowest BCUT2D eigenvalue weighted by Gasteiger charge is -2.37. The minimum Gasteiger partial charge on any atom is -0.467 e. The van der Waals surface area contributed by atoms with Crippen LogP contribution in [0, 0.1) is 20.8 Å². The minimum atomic E-state index is -0.837. The Kier molecular flexibility index (Phi) is 6.30. The summed E-state index contributed by atoms with van der Waals surface area (Å²) >= 11 is 0. The van der Waals surface area contributed by atoms with E-state index in [1.54, 1.807) is 0 Å². The molecule has 178 valence electrons. The van der Waals surface area contributed by atoms with Gasteiger partial charge in [0.2, 0.25) is 0 Å². The Balaban J connectivity index is 2.13. The molecule has 0 N–H and O–H groups in total. The van der Waals surface area contributed by atoms with Crippen LogP contribution in [0.2, 0.25) is 0 Å². The number of methoxy groups -OCH3 is 1. The molecule has 0 spiro atoms. The highest BCUT2D eigenvalue weighted by Crippen LogP contribution is 2.50. The summed E-state index contributed by atoms with van der Waals surface area (Å²) in [6, 6.07) is 17.1. The summed E-state index contributed by atoms with van der Waals surface area (Å²) in [6.45, 7) is 13.1. The predicted molar refractivity (Wildman–Crippen MR) is 139 cm³/mol. The van der Waals surface area contributed by atoms with Crippen molar-refractivity contribution in [2.24, 2.45) is 0 Å². The second-order valence-electron chi connectivity index (χ2n) is 10.3. The van der Waals surface area contributed by atoms with Crippen LogP contribution in [0.5, 0.6) is 0 Å². The maximum Gasteiger partial charge on any atom is 0.339 e. The van der Waals surface area contributed by atoms with Gasteiger partial charge in [-0.3, -0.25) is 0 Å². The van der Waals surface area contributed by atoms with E-state index >= 15 is 0 Å². The topological polar surface area (TPSA) is 38.8 Å². The summed E-state index contributed by atoms with van der Waals surface area (Å²) in [7, 11) is 3.55. The van der Waals surface area contributed by atoms with Crippen LogP contribution in [0.1, 0.15) is 54.7 Å². The molecule has 1 aliphatic rings. The molecule has 0 aliphatic carbocycles.